The molecule has 0 saturated heterocycles. The molecule has 28 heavy (non-hydrogen) atoms. The zero-order valence-electron chi connectivity index (χ0n) is 17.3. The summed E-state index contributed by atoms with van der Waals surface area (Å²) in [6.07, 6.45) is 8.25. The van der Waals surface area contributed by atoms with Crippen molar-refractivity contribution in [3.05, 3.63) is 64.1 Å². The Kier molecular flexibility index (Phi) is 4.52. The van der Waals surface area contributed by atoms with Gasteiger partial charge in [0.25, 0.3) is 0 Å². The average Bonchev–Trinajstić information content (AvgIpc) is 3.06. The average molecular weight is 379 g/mol. The Bertz CT molecular complexity index is 943. The van der Waals surface area contributed by atoms with Crippen LogP contribution in [0.15, 0.2) is 34.8 Å². The number of carboxylic acid groups (broad SMARTS) is 1. The lowest BCUT2D eigenvalue weighted by Crippen LogP contribution is -2.35. The quantitative estimate of drug-likeness (QED) is 0.647. The number of carbonyl (C=O) groups is 1. The fraction of sp³-hybridized carbons (Fsp3) is 0.480. The van der Waals surface area contributed by atoms with Gasteiger partial charge in [-0.2, -0.15) is 0 Å². The number of benzene rings is 1. The normalized spacial score (nSPS) is 22.6. The first-order valence-electron chi connectivity index (χ1n) is 10.4. The van der Waals surface area contributed by atoms with Gasteiger partial charge < -0.3 is 9.52 Å². The zero-order valence-corrected chi connectivity index (χ0v) is 17.3. The molecule has 4 rings (SSSR count). The number of aliphatic carboxylic acids is 1. The monoisotopic (exact) mass is 378 g/mol. The van der Waals surface area contributed by atoms with E-state index in [1.807, 2.05) is 0 Å². The molecule has 2 aliphatic rings. The van der Waals surface area contributed by atoms with E-state index in [2.05, 4.69) is 52.0 Å². The molecule has 0 radical (unpaired) electrons. The lowest BCUT2D eigenvalue weighted by molar-refractivity contribution is -0.131. The van der Waals surface area contributed by atoms with E-state index < -0.39 is 5.97 Å². The molecule has 2 aromatic rings. The standard InChI is InChI=1S/C25H30O3/c1-24(2)13-14-25(3,4)23-18(8-5-9-20(23)24)17-7-6-10-21-19(17)15-16(28-21)11-12-22(26)27/h5,8-9,11-12,15,17H,6-7,10,13-14H2,1-4H3,(H,26,27). The van der Waals surface area contributed by atoms with Crippen molar-refractivity contribution in [1.29, 1.82) is 0 Å². The third kappa shape index (κ3) is 3.21. The Balaban J connectivity index is 1.84. The van der Waals surface area contributed by atoms with Crippen molar-refractivity contribution in [3.63, 3.8) is 0 Å². The van der Waals surface area contributed by atoms with Crippen LogP contribution in [0.3, 0.4) is 0 Å². The molecular formula is C25H30O3. The Morgan fingerprint density at radius 3 is 2.64 bits per heavy atom. The molecule has 0 spiro atoms. The van der Waals surface area contributed by atoms with Gasteiger partial charge in [-0.05, 0) is 65.3 Å². The Morgan fingerprint density at radius 1 is 1.14 bits per heavy atom. The molecule has 0 bridgehead atoms. The number of aryl methyl sites for hydroxylation is 1. The van der Waals surface area contributed by atoms with E-state index in [4.69, 9.17) is 9.52 Å². The second-order valence-corrected chi connectivity index (χ2v) is 9.68. The molecule has 1 heterocycles. The third-order valence-corrected chi connectivity index (χ3v) is 6.78. The van der Waals surface area contributed by atoms with E-state index in [0.29, 0.717) is 11.7 Å². The van der Waals surface area contributed by atoms with Crippen molar-refractivity contribution in [3.8, 4) is 0 Å². The number of rotatable bonds is 3. The molecule has 1 unspecified atom stereocenters. The van der Waals surface area contributed by atoms with Gasteiger partial charge in [0.2, 0.25) is 0 Å². The summed E-state index contributed by atoms with van der Waals surface area (Å²) in [5, 5.41) is 8.92. The first-order chi connectivity index (χ1) is 13.2. The predicted octanol–water partition coefficient (Wildman–Crippen LogP) is 6.19. The van der Waals surface area contributed by atoms with Crippen LogP contribution in [0.25, 0.3) is 6.08 Å². The predicted molar refractivity (Wildman–Crippen MR) is 112 cm³/mol. The molecule has 3 heteroatoms. The first kappa shape index (κ1) is 19.0. The van der Waals surface area contributed by atoms with Gasteiger partial charge in [0.05, 0.1) is 0 Å². The molecule has 148 valence electrons. The van der Waals surface area contributed by atoms with Gasteiger partial charge in [-0.3, -0.25) is 0 Å². The lowest BCUT2D eigenvalue weighted by Gasteiger charge is -2.44. The van der Waals surface area contributed by atoms with Crippen molar-refractivity contribution >= 4 is 12.0 Å². The summed E-state index contributed by atoms with van der Waals surface area (Å²) in [6, 6.07) is 8.90. The number of hydrogen-bond donors (Lipinski definition) is 1. The van der Waals surface area contributed by atoms with Crippen LogP contribution in [0.2, 0.25) is 0 Å². The van der Waals surface area contributed by atoms with Crippen LogP contribution in [-0.2, 0) is 22.0 Å². The van der Waals surface area contributed by atoms with Gasteiger partial charge in [0, 0.05) is 24.0 Å². The molecule has 0 fully saturated rings. The minimum Gasteiger partial charge on any atom is -0.478 e. The SMILES string of the molecule is CC1(C)CCC(C)(C)c2c(C3CCCc4oc(C=CC(=O)O)cc43)cccc21. The van der Waals surface area contributed by atoms with Crippen molar-refractivity contribution in [2.24, 2.45) is 0 Å². The van der Waals surface area contributed by atoms with Crippen LogP contribution >= 0.6 is 0 Å². The molecule has 3 nitrogen and oxygen atoms in total. The van der Waals surface area contributed by atoms with Gasteiger partial charge in [-0.15, -0.1) is 0 Å². The van der Waals surface area contributed by atoms with Crippen molar-refractivity contribution < 1.29 is 14.3 Å². The van der Waals surface area contributed by atoms with E-state index in [0.717, 1.165) is 31.1 Å². The molecule has 0 aliphatic heterocycles. The largest absolute Gasteiger partial charge is 0.478 e. The molecule has 0 saturated carbocycles. The van der Waals surface area contributed by atoms with Gasteiger partial charge in [0.1, 0.15) is 11.5 Å². The fourth-order valence-corrected chi connectivity index (χ4v) is 5.20. The smallest absolute Gasteiger partial charge is 0.328 e. The second kappa shape index (κ2) is 6.65. The summed E-state index contributed by atoms with van der Waals surface area (Å²) in [7, 11) is 0. The van der Waals surface area contributed by atoms with Crippen LogP contribution in [0.5, 0.6) is 0 Å². The number of fused-ring (bicyclic) bond motifs is 2. The molecule has 0 amide bonds. The Labute approximate surface area is 167 Å². The Hall–Kier alpha value is -2.29. The van der Waals surface area contributed by atoms with Crippen LogP contribution in [0.1, 0.15) is 93.1 Å². The second-order valence-electron chi connectivity index (χ2n) is 9.68. The summed E-state index contributed by atoms with van der Waals surface area (Å²) in [4.78, 5) is 10.9. The third-order valence-electron chi connectivity index (χ3n) is 6.78. The fourth-order valence-electron chi connectivity index (χ4n) is 5.20. The van der Waals surface area contributed by atoms with Crippen molar-refractivity contribution in [1.82, 2.24) is 0 Å². The maximum atomic E-state index is 10.9. The van der Waals surface area contributed by atoms with E-state index in [1.54, 1.807) is 6.08 Å². The van der Waals surface area contributed by atoms with E-state index in [1.165, 1.54) is 35.1 Å². The zero-order chi connectivity index (χ0) is 20.1. The molecule has 1 aromatic heterocycles. The minimum absolute atomic E-state index is 0.162. The van der Waals surface area contributed by atoms with Crippen LogP contribution in [-0.4, -0.2) is 11.1 Å². The highest BCUT2D eigenvalue weighted by Gasteiger charge is 2.40. The maximum absolute atomic E-state index is 10.9. The van der Waals surface area contributed by atoms with Crippen LogP contribution in [0.4, 0.5) is 0 Å². The molecular weight excluding hydrogens is 348 g/mol. The highest BCUT2D eigenvalue weighted by Crippen LogP contribution is 2.50. The molecule has 2 aliphatic carbocycles. The topological polar surface area (TPSA) is 50.4 Å². The van der Waals surface area contributed by atoms with Gasteiger partial charge in [0.15, 0.2) is 0 Å². The first-order valence-corrected chi connectivity index (χ1v) is 10.4. The summed E-state index contributed by atoms with van der Waals surface area (Å²) in [5.74, 6) is 1.03. The maximum Gasteiger partial charge on any atom is 0.328 e. The van der Waals surface area contributed by atoms with E-state index >= 15 is 0 Å². The number of hydrogen-bond acceptors (Lipinski definition) is 2. The number of carboxylic acids is 1. The minimum atomic E-state index is -0.952. The van der Waals surface area contributed by atoms with E-state index in [9.17, 15) is 4.79 Å². The molecule has 1 aromatic carbocycles. The lowest BCUT2D eigenvalue weighted by atomic mass is 9.60. The highest BCUT2D eigenvalue weighted by molar-refractivity contribution is 5.84. The summed E-state index contributed by atoms with van der Waals surface area (Å²) >= 11 is 0. The van der Waals surface area contributed by atoms with Crippen LogP contribution in [0, 0.1) is 0 Å². The van der Waals surface area contributed by atoms with E-state index in [-0.39, 0.29) is 10.8 Å². The molecule has 1 N–H and O–H groups in total. The van der Waals surface area contributed by atoms with Crippen molar-refractivity contribution in [2.75, 3.05) is 0 Å². The highest BCUT2D eigenvalue weighted by atomic mass is 16.4. The van der Waals surface area contributed by atoms with Gasteiger partial charge in [-0.1, -0.05) is 45.9 Å². The molecule has 1 atom stereocenters. The number of furan rings is 1. The summed E-state index contributed by atoms with van der Waals surface area (Å²) < 4.78 is 6.00. The Morgan fingerprint density at radius 2 is 1.89 bits per heavy atom. The van der Waals surface area contributed by atoms with Gasteiger partial charge in [-0.25, -0.2) is 4.79 Å². The summed E-state index contributed by atoms with van der Waals surface area (Å²) in [6.45, 7) is 9.49. The van der Waals surface area contributed by atoms with Crippen LogP contribution < -0.4 is 0 Å². The van der Waals surface area contributed by atoms with Crippen molar-refractivity contribution in [2.45, 2.75) is 76.5 Å². The summed E-state index contributed by atoms with van der Waals surface area (Å²) in [5.41, 5.74) is 6.05. The van der Waals surface area contributed by atoms with Gasteiger partial charge >= 0.3 is 5.97 Å².